The predicted octanol–water partition coefficient (Wildman–Crippen LogP) is 3.23. The van der Waals surface area contributed by atoms with Gasteiger partial charge < -0.3 is 10.2 Å². The van der Waals surface area contributed by atoms with Crippen molar-refractivity contribution in [3.63, 3.8) is 0 Å². The Balaban J connectivity index is 2.53. The zero-order valence-electron chi connectivity index (χ0n) is 12.8. The highest BCUT2D eigenvalue weighted by atomic mass is 32.2. The molecule has 0 bridgehead atoms. The molecule has 1 unspecified atom stereocenters. The van der Waals surface area contributed by atoms with Gasteiger partial charge in [0.1, 0.15) is 0 Å². The highest BCUT2D eigenvalue weighted by Gasteiger charge is 2.30. The van der Waals surface area contributed by atoms with E-state index >= 15 is 0 Å². The molecule has 1 aliphatic rings. The molecular weight excluding hydrogens is 240 g/mol. The largest absolute Gasteiger partial charge is 0.316 e. The van der Waals surface area contributed by atoms with Crippen LogP contribution in [0.4, 0.5) is 0 Å². The van der Waals surface area contributed by atoms with Gasteiger partial charge in [0, 0.05) is 37.2 Å². The lowest BCUT2D eigenvalue weighted by atomic mass is 9.81. The minimum Gasteiger partial charge on any atom is -0.316 e. The van der Waals surface area contributed by atoms with Gasteiger partial charge in [-0.25, -0.2) is 0 Å². The number of nitrogens with zero attached hydrogens (tertiary/aromatic N) is 1. The minimum atomic E-state index is 0.482. The minimum absolute atomic E-state index is 0.482. The van der Waals surface area contributed by atoms with Crippen molar-refractivity contribution in [3.05, 3.63) is 0 Å². The van der Waals surface area contributed by atoms with Crippen molar-refractivity contribution in [1.82, 2.24) is 10.2 Å². The summed E-state index contributed by atoms with van der Waals surface area (Å²) < 4.78 is 0. The Hall–Kier alpha value is 0.270. The topological polar surface area (TPSA) is 15.3 Å². The van der Waals surface area contributed by atoms with E-state index in [1.165, 1.54) is 51.2 Å². The molecule has 1 rings (SSSR count). The SMILES string of the molecule is CCNCC(CC)(CC)CN1CCSC(CC)C1. The van der Waals surface area contributed by atoms with Crippen LogP contribution in [-0.2, 0) is 0 Å². The van der Waals surface area contributed by atoms with E-state index in [1.807, 2.05) is 0 Å². The van der Waals surface area contributed by atoms with E-state index in [9.17, 15) is 0 Å². The van der Waals surface area contributed by atoms with Gasteiger partial charge in [-0.05, 0) is 31.2 Å². The zero-order chi connectivity index (χ0) is 13.4. The van der Waals surface area contributed by atoms with Crippen LogP contribution in [0.3, 0.4) is 0 Å². The van der Waals surface area contributed by atoms with E-state index in [1.54, 1.807) is 0 Å². The Labute approximate surface area is 118 Å². The molecule has 108 valence electrons. The summed E-state index contributed by atoms with van der Waals surface area (Å²) in [7, 11) is 0. The number of nitrogens with one attached hydrogen (secondary N) is 1. The van der Waals surface area contributed by atoms with Crippen LogP contribution < -0.4 is 5.32 Å². The number of thioether (sulfide) groups is 1. The Bertz CT molecular complexity index is 217. The van der Waals surface area contributed by atoms with Crippen molar-refractivity contribution >= 4 is 11.8 Å². The van der Waals surface area contributed by atoms with Crippen LogP contribution >= 0.6 is 11.8 Å². The molecule has 1 heterocycles. The molecule has 0 aromatic carbocycles. The molecule has 0 amide bonds. The highest BCUT2D eigenvalue weighted by Crippen LogP contribution is 2.30. The third-order valence-corrected chi connectivity index (χ3v) is 5.86. The molecular formula is C15H32N2S. The molecule has 3 heteroatoms. The summed E-state index contributed by atoms with van der Waals surface area (Å²) in [5.74, 6) is 1.32. The summed E-state index contributed by atoms with van der Waals surface area (Å²) in [5.41, 5.74) is 0.482. The van der Waals surface area contributed by atoms with Gasteiger partial charge in [-0.15, -0.1) is 0 Å². The van der Waals surface area contributed by atoms with Crippen LogP contribution in [0.25, 0.3) is 0 Å². The first kappa shape index (κ1) is 16.3. The standard InChI is InChI=1S/C15H32N2S/c1-5-14-11-17(9-10-18-14)13-15(6-2,7-3)12-16-8-4/h14,16H,5-13H2,1-4H3. The van der Waals surface area contributed by atoms with E-state index in [4.69, 9.17) is 0 Å². The van der Waals surface area contributed by atoms with Gasteiger partial charge in [-0.2, -0.15) is 11.8 Å². The van der Waals surface area contributed by atoms with Crippen LogP contribution in [0.15, 0.2) is 0 Å². The monoisotopic (exact) mass is 272 g/mol. The summed E-state index contributed by atoms with van der Waals surface area (Å²) in [5, 5.41) is 4.44. The van der Waals surface area contributed by atoms with Crippen molar-refractivity contribution in [2.45, 2.75) is 52.2 Å². The summed E-state index contributed by atoms with van der Waals surface area (Å²) in [6.45, 7) is 15.4. The fraction of sp³-hybridized carbons (Fsp3) is 1.00. The average Bonchev–Trinajstić information content (AvgIpc) is 2.44. The van der Waals surface area contributed by atoms with Gasteiger partial charge in [0.25, 0.3) is 0 Å². The maximum absolute atomic E-state index is 3.57. The van der Waals surface area contributed by atoms with E-state index in [0.717, 1.165) is 11.8 Å². The molecule has 0 aromatic rings. The predicted molar refractivity (Wildman–Crippen MR) is 84.5 cm³/mol. The zero-order valence-corrected chi connectivity index (χ0v) is 13.6. The maximum atomic E-state index is 3.57. The summed E-state index contributed by atoms with van der Waals surface area (Å²) >= 11 is 2.17. The summed E-state index contributed by atoms with van der Waals surface area (Å²) in [6.07, 6.45) is 3.90. The van der Waals surface area contributed by atoms with Crippen LogP contribution in [0.1, 0.15) is 47.0 Å². The van der Waals surface area contributed by atoms with Crippen molar-refractivity contribution in [3.8, 4) is 0 Å². The number of hydrogen-bond donors (Lipinski definition) is 1. The van der Waals surface area contributed by atoms with Gasteiger partial charge in [0.15, 0.2) is 0 Å². The molecule has 18 heavy (non-hydrogen) atoms. The van der Waals surface area contributed by atoms with Crippen LogP contribution in [0, 0.1) is 5.41 Å². The van der Waals surface area contributed by atoms with Crippen LogP contribution in [0.2, 0.25) is 0 Å². The van der Waals surface area contributed by atoms with Crippen molar-refractivity contribution in [1.29, 1.82) is 0 Å². The Morgan fingerprint density at radius 2 is 1.94 bits per heavy atom. The molecule has 0 radical (unpaired) electrons. The first-order valence-electron chi connectivity index (χ1n) is 7.74. The normalized spacial score (nSPS) is 22.3. The van der Waals surface area contributed by atoms with Crippen molar-refractivity contribution in [2.24, 2.45) is 5.41 Å². The lowest BCUT2D eigenvalue weighted by Gasteiger charge is -2.40. The van der Waals surface area contributed by atoms with Crippen molar-refractivity contribution in [2.75, 3.05) is 38.5 Å². The molecule has 0 spiro atoms. The van der Waals surface area contributed by atoms with Gasteiger partial charge in [-0.3, -0.25) is 0 Å². The Kier molecular flexibility index (Phi) is 7.66. The van der Waals surface area contributed by atoms with Gasteiger partial charge in [0.05, 0.1) is 0 Å². The number of rotatable bonds is 8. The van der Waals surface area contributed by atoms with Gasteiger partial charge in [-0.1, -0.05) is 27.7 Å². The van der Waals surface area contributed by atoms with E-state index in [2.05, 4.69) is 49.7 Å². The van der Waals surface area contributed by atoms with Crippen LogP contribution in [0.5, 0.6) is 0 Å². The van der Waals surface area contributed by atoms with Gasteiger partial charge in [0.2, 0.25) is 0 Å². The lowest BCUT2D eigenvalue weighted by Crippen LogP contribution is -2.47. The smallest absolute Gasteiger partial charge is 0.0172 e. The summed E-state index contributed by atoms with van der Waals surface area (Å²) in [4.78, 5) is 2.72. The fourth-order valence-corrected chi connectivity index (χ4v) is 4.06. The molecule has 0 aromatic heterocycles. The Morgan fingerprint density at radius 3 is 2.50 bits per heavy atom. The first-order chi connectivity index (χ1) is 8.69. The fourth-order valence-electron chi connectivity index (χ4n) is 2.82. The third-order valence-electron chi connectivity index (χ3n) is 4.49. The molecule has 1 atom stereocenters. The van der Waals surface area contributed by atoms with E-state index < -0.39 is 0 Å². The lowest BCUT2D eigenvalue weighted by molar-refractivity contribution is 0.137. The molecule has 0 saturated carbocycles. The molecule has 1 aliphatic heterocycles. The summed E-state index contributed by atoms with van der Waals surface area (Å²) in [6, 6.07) is 0. The maximum Gasteiger partial charge on any atom is 0.0172 e. The molecule has 1 saturated heterocycles. The van der Waals surface area contributed by atoms with Crippen molar-refractivity contribution < 1.29 is 0 Å². The first-order valence-corrected chi connectivity index (χ1v) is 8.79. The molecule has 1 N–H and O–H groups in total. The second-order valence-corrected chi connectivity index (χ2v) is 7.03. The average molecular weight is 273 g/mol. The van der Waals surface area contributed by atoms with E-state index in [-0.39, 0.29) is 0 Å². The van der Waals surface area contributed by atoms with Gasteiger partial charge >= 0.3 is 0 Å². The quantitative estimate of drug-likeness (QED) is 0.730. The molecule has 2 nitrogen and oxygen atoms in total. The second-order valence-electron chi connectivity index (χ2n) is 5.62. The molecule has 1 fully saturated rings. The van der Waals surface area contributed by atoms with Crippen LogP contribution in [-0.4, -0.2) is 48.6 Å². The number of hydrogen-bond acceptors (Lipinski definition) is 3. The second kappa shape index (κ2) is 8.44. The third kappa shape index (κ3) is 4.75. The highest BCUT2D eigenvalue weighted by molar-refractivity contribution is 8.00. The van der Waals surface area contributed by atoms with E-state index in [0.29, 0.717) is 5.41 Å². The molecule has 0 aliphatic carbocycles. The Morgan fingerprint density at radius 1 is 1.22 bits per heavy atom.